The highest BCUT2D eigenvalue weighted by molar-refractivity contribution is 5.72. The molecule has 2 aromatic heterocycles. The predicted molar refractivity (Wildman–Crippen MR) is 81.5 cm³/mol. The van der Waals surface area contributed by atoms with Crippen molar-refractivity contribution in [1.82, 2.24) is 14.6 Å². The molecule has 0 amide bonds. The number of aromatic nitrogens is 3. The second kappa shape index (κ2) is 5.26. The van der Waals surface area contributed by atoms with Crippen LogP contribution in [0, 0.1) is 18.3 Å². The van der Waals surface area contributed by atoms with E-state index in [1.165, 1.54) is 10.6 Å². The van der Waals surface area contributed by atoms with Crippen molar-refractivity contribution in [2.24, 2.45) is 0 Å². The highest BCUT2D eigenvalue weighted by Gasteiger charge is 2.14. The lowest BCUT2D eigenvalue weighted by molar-refractivity contribution is 0.415. The summed E-state index contributed by atoms with van der Waals surface area (Å²) >= 11 is 0. The summed E-state index contributed by atoms with van der Waals surface area (Å²) in [5.74, 6) is 1.15. The van der Waals surface area contributed by atoms with Crippen LogP contribution in [-0.2, 0) is 0 Å². The third-order valence-electron chi connectivity index (χ3n) is 3.22. The largest absolute Gasteiger partial charge is 0.497 e. The maximum Gasteiger partial charge on any atom is 0.272 e. The molecule has 0 fully saturated rings. The van der Waals surface area contributed by atoms with E-state index in [1.807, 2.05) is 12.1 Å². The summed E-state index contributed by atoms with van der Waals surface area (Å²) in [4.78, 5) is 16.2. The van der Waals surface area contributed by atoms with Crippen molar-refractivity contribution < 1.29 is 4.74 Å². The van der Waals surface area contributed by atoms with Crippen molar-refractivity contribution in [2.75, 3.05) is 12.4 Å². The molecule has 0 atom stereocenters. The summed E-state index contributed by atoms with van der Waals surface area (Å²) in [5, 5.41) is 15.3. The Morgan fingerprint density at radius 3 is 2.73 bits per heavy atom. The fourth-order valence-electron chi connectivity index (χ4n) is 2.17. The maximum absolute atomic E-state index is 12.0. The van der Waals surface area contributed by atoms with Gasteiger partial charge in [-0.15, -0.1) is 0 Å². The Morgan fingerprint density at radius 1 is 1.36 bits per heavy atom. The van der Waals surface area contributed by atoms with Crippen LogP contribution in [0.2, 0.25) is 0 Å². The van der Waals surface area contributed by atoms with Crippen LogP contribution in [0.4, 0.5) is 11.5 Å². The molecule has 0 aliphatic rings. The number of H-pyrrole nitrogens is 1. The number of nitrogens with zero attached hydrogens (tertiary/aromatic N) is 3. The number of benzene rings is 1. The molecule has 7 nitrogen and oxygen atoms in total. The number of rotatable bonds is 3. The van der Waals surface area contributed by atoms with E-state index in [4.69, 9.17) is 4.74 Å². The molecule has 0 aliphatic carbocycles. The Labute approximate surface area is 125 Å². The molecule has 0 aliphatic heterocycles. The van der Waals surface area contributed by atoms with Crippen molar-refractivity contribution in [2.45, 2.75) is 6.92 Å². The fraction of sp³-hybridized carbons (Fsp3) is 0.133. The van der Waals surface area contributed by atoms with Crippen LogP contribution in [0.15, 0.2) is 35.1 Å². The zero-order valence-corrected chi connectivity index (χ0v) is 12.0. The van der Waals surface area contributed by atoms with Gasteiger partial charge in [-0.25, -0.2) is 4.98 Å². The van der Waals surface area contributed by atoms with Gasteiger partial charge in [-0.1, -0.05) is 0 Å². The van der Waals surface area contributed by atoms with Crippen molar-refractivity contribution in [1.29, 1.82) is 5.26 Å². The average Bonchev–Trinajstić information content (AvgIpc) is 2.85. The van der Waals surface area contributed by atoms with Gasteiger partial charge in [0.25, 0.3) is 5.56 Å². The lowest BCUT2D eigenvalue weighted by Crippen LogP contribution is -2.14. The Balaban J connectivity index is 2.08. The van der Waals surface area contributed by atoms with Gasteiger partial charge in [0, 0.05) is 17.4 Å². The molecule has 0 spiro atoms. The van der Waals surface area contributed by atoms with Gasteiger partial charge >= 0.3 is 0 Å². The van der Waals surface area contributed by atoms with Crippen LogP contribution >= 0.6 is 0 Å². The minimum atomic E-state index is -0.262. The van der Waals surface area contributed by atoms with Crippen LogP contribution in [0.25, 0.3) is 5.65 Å². The normalized spacial score (nSPS) is 10.4. The summed E-state index contributed by atoms with van der Waals surface area (Å²) in [7, 11) is 1.59. The van der Waals surface area contributed by atoms with Gasteiger partial charge in [0.05, 0.1) is 7.11 Å². The monoisotopic (exact) mass is 295 g/mol. The molecule has 110 valence electrons. The van der Waals surface area contributed by atoms with Gasteiger partial charge in [0.15, 0.2) is 5.65 Å². The van der Waals surface area contributed by atoms with Crippen molar-refractivity contribution in [3.63, 3.8) is 0 Å². The maximum atomic E-state index is 12.0. The Hall–Kier alpha value is -3.27. The molecule has 0 bridgehead atoms. The number of methoxy groups -OCH3 is 1. The number of hydrogen-bond donors (Lipinski definition) is 2. The topological polar surface area (TPSA) is 95.2 Å². The van der Waals surface area contributed by atoms with E-state index in [0.717, 1.165) is 11.4 Å². The highest BCUT2D eigenvalue weighted by atomic mass is 16.5. The van der Waals surface area contributed by atoms with Gasteiger partial charge in [0.1, 0.15) is 23.2 Å². The number of nitriles is 1. The van der Waals surface area contributed by atoms with Crippen LogP contribution < -0.4 is 15.6 Å². The van der Waals surface area contributed by atoms with Crippen molar-refractivity contribution >= 4 is 17.2 Å². The summed E-state index contributed by atoms with van der Waals surface area (Å²) in [6.07, 6.45) is 0. The number of ether oxygens (including phenoxy) is 1. The van der Waals surface area contributed by atoms with Crippen LogP contribution in [0.1, 0.15) is 11.3 Å². The molecular formula is C15H13N5O2. The first-order chi connectivity index (χ1) is 10.6. The lowest BCUT2D eigenvalue weighted by atomic mass is 10.2. The quantitative estimate of drug-likeness (QED) is 0.770. The van der Waals surface area contributed by atoms with Crippen molar-refractivity contribution in [3.8, 4) is 11.8 Å². The molecule has 22 heavy (non-hydrogen) atoms. The zero-order chi connectivity index (χ0) is 15.7. The summed E-state index contributed by atoms with van der Waals surface area (Å²) in [6, 6.07) is 10.7. The molecule has 7 heteroatoms. The molecule has 2 heterocycles. The van der Waals surface area contributed by atoms with Gasteiger partial charge in [-0.3, -0.25) is 9.89 Å². The highest BCUT2D eigenvalue weighted by Crippen LogP contribution is 2.23. The number of fused-ring (bicyclic) bond motifs is 1. The van der Waals surface area contributed by atoms with Gasteiger partial charge in [-0.2, -0.15) is 9.78 Å². The summed E-state index contributed by atoms with van der Waals surface area (Å²) in [6.45, 7) is 1.71. The fourth-order valence-corrected chi connectivity index (χ4v) is 2.17. The van der Waals surface area contributed by atoms with Crippen LogP contribution in [0.3, 0.4) is 0 Å². The smallest absolute Gasteiger partial charge is 0.272 e. The molecular weight excluding hydrogens is 282 g/mol. The van der Waals surface area contributed by atoms with Gasteiger partial charge in [0.2, 0.25) is 0 Å². The van der Waals surface area contributed by atoms with Crippen LogP contribution in [-0.4, -0.2) is 21.7 Å². The average molecular weight is 295 g/mol. The minimum absolute atomic E-state index is 0.262. The summed E-state index contributed by atoms with van der Waals surface area (Å²) < 4.78 is 6.35. The van der Waals surface area contributed by atoms with Gasteiger partial charge in [-0.05, 0) is 31.2 Å². The molecule has 3 rings (SSSR count). The van der Waals surface area contributed by atoms with E-state index < -0.39 is 0 Å². The Kier molecular flexibility index (Phi) is 3.27. The minimum Gasteiger partial charge on any atom is -0.497 e. The van der Waals surface area contributed by atoms with E-state index in [-0.39, 0.29) is 11.1 Å². The van der Waals surface area contributed by atoms with E-state index in [1.54, 1.807) is 26.2 Å². The zero-order valence-electron chi connectivity index (χ0n) is 12.0. The van der Waals surface area contributed by atoms with E-state index in [0.29, 0.717) is 17.2 Å². The molecule has 1 aromatic carbocycles. The van der Waals surface area contributed by atoms with E-state index >= 15 is 0 Å². The first-order valence-corrected chi connectivity index (χ1v) is 6.56. The standard InChI is InChI=1S/C15H13N5O2/c1-9-7-13(21)20-15(17-9)12(8-16)14(19-20)18-10-3-5-11(22-2)6-4-10/h3-7,18-19H,1-2H3. The number of anilines is 2. The molecule has 2 N–H and O–H groups in total. The lowest BCUT2D eigenvalue weighted by Gasteiger charge is -2.05. The Morgan fingerprint density at radius 2 is 2.09 bits per heavy atom. The van der Waals surface area contributed by atoms with E-state index in [9.17, 15) is 10.1 Å². The second-order valence-corrected chi connectivity index (χ2v) is 4.72. The molecule has 0 saturated heterocycles. The molecule has 0 radical (unpaired) electrons. The molecule has 0 unspecified atom stereocenters. The number of nitrogens with one attached hydrogen (secondary N) is 2. The molecule has 3 aromatic rings. The Bertz CT molecular complexity index is 931. The summed E-state index contributed by atoms with van der Waals surface area (Å²) in [5.41, 5.74) is 1.66. The van der Waals surface area contributed by atoms with Crippen LogP contribution in [0.5, 0.6) is 5.75 Å². The number of hydrogen-bond acceptors (Lipinski definition) is 5. The first-order valence-electron chi connectivity index (χ1n) is 6.56. The van der Waals surface area contributed by atoms with Gasteiger partial charge < -0.3 is 10.1 Å². The first kappa shape index (κ1) is 13.7. The van der Waals surface area contributed by atoms with E-state index in [2.05, 4.69) is 21.5 Å². The second-order valence-electron chi connectivity index (χ2n) is 4.72. The SMILES string of the molecule is COc1ccc(Nc2[nH]n3c(=O)cc(C)nc3c2C#N)cc1. The number of aromatic amines is 1. The van der Waals surface area contributed by atoms with Crippen molar-refractivity contribution in [3.05, 3.63) is 51.9 Å². The third kappa shape index (κ3) is 2.27. The predicted octanol–water partition coefficient (Wildman–Crippen LogP) is 1.95. The molecule has 0 saturated carbocycles. The third-order valence-corrected chi connectivity index (χ3v) is 3.22. The number of aryl methyl sites for hydroxylation is 1.